The SMILES string of the molecule is CC(NC(=O)[C@H](C)N)c1ccc2c(c1)CCCC2. The van der Waals surface area contributed by atoms with Crippen molar-refractivity contribution in [1.82, 2.24) is 5.32 Å². The van der Waals surface area contributed by atoms with Crippen LogP contribution in [0.1, 0.15) is 49.4 Å². The quantitative estimate of drug-likeness (QED) is 0.858. The largest absolute Gasteiger partial charge is 0.348 e. The van der Waals surface area contributed by atoms with Gasteiger partial charge in [0.05, 0.1) is 12.1 Å². The molecule has 1 aliphatic carbocycles. The summed E-state index contributed by atoms with van der Waals surface area (Å²) in [6.07, 6.45) is 4.92. The van der Waals surface area contributed by atoms with Crippen LogP contribution in [-0.4, -0.2) is 11.9 Å². The van der Waals surface area contributed by atoms with Gasteiger partial charge in [-0.3, -0.25) is 4.79 Å². The van der Waals surface area contributed by atoms with Crippen LogP contribution in [0.15, 0.2) is 18.2 Å². The van der Waals surface area contributed by atoms with E-state index in [1.165, 1.54) is 36.0 Å². The topological polar surface area (TPSA) is 55.1 Å². The highest BCUT2D eigenvalue weighted by Crippen LogP contribution is 2.24. The maximum Gasteiger partial charge on any atom is 0.237 e. The van der Waals surface area contributed by atoms with Crippen molar-refractivity contribution in [1.29, 1.82) is 0 Å². The Morgan fingerprint density at radius 1 is 1.22 bits per heavy atom. The molecule has 0 radical (unpaired) electrons. The lowest BCUT2D eigenvalue weighted by atomic mass is 9.89. The minimum atomic E-state index is -0.454. The first kappa shape index (κ1) is 13.1. The molecule has 0 heterocycles. The summed E-state index contributed by atoms with van der Waals surface area (Å²) in [5, 5.41) is 2.94. The molecule has 1 unspecified atom stereocenters. The van der Waals surface area contributed by atoms with Crippen molar-refractivity contribution >= 4 is 5.91 Å². The summed E-state index contributed by atoms with van der Waals surface area (Å²) in [7, 11) is 0. The van der Waals surface area contributed by atoms with Crippen molar-refractivity contribution in [2.75, 3.05) is 0 Å². The normalized spacial score (nSPS) is 17.7. The average Bonchev–Trinajstić information content (AvgIpc) is 2.37. The Morgan fingerprint density at radius 3 is 2.56 bits per heavy atom. The Hall–Kier alpha value is -1.35. The first-order valence-electron chi connectivity index (χ1n) is 6.75. The number of benzene rings is 1. The number of carbonyl (C=O) groups excluding carboxylic acids is 1. The number of hydrogen-bond acceptors (Lipinski definition) is 2. The van der Waals surface area contributed by atoms with Crippen LogP contribution in [0.4, 0.5) is 0 Å². The fourth-order valence-corrected chi connectivity index (χ4v) is 2.45. The molecule has 0 spiro atoms. The zero-order chi connectivity index (χ0) is 13.1. The predicted molar refractivity (Wildman–Crippen MR) is 73.3 cm³/mol. The van der Waals surface area contributed by atoms with Gasteiger partial charge in [-0.25, -0.2) is 0 Å². The summed E-state index contributed by atoms with van der Waals surface area (Å²) in [6.45, 7) is 3.71. The Kier molecular flexibility index (Phi) is 4.02. The lowest BCUT2D eigenvalue weighted by Crippen LogP contribution is -2.39. The van der Waals surface area contributed by atoms with E-state index in [4.69, 9.17) is 5.73 Å². The highest BCUT2D eigenvalue weighted by atomic mass is 16.2. The van der Waals surface area contributed by atoms with E-state index in [1.807, 2.05) is 6.92 Å². The molecule has 0 saturated carbocycles. The highest BCUT2D eigenvalue weighted by Gasteiger charge is 2.15. The Morgan fingerprint density at radius 2 is 1.89 bits per heavy atom. The number of nitrogens with two attached hydrogens (primary N) is 1. The molecule has 1 aromatic carbocycles. The van der Waals surface area contributed by atoms with Gasteiger partial charge in [-0.05, 0) is 56.2 Å². The maximum absolute atomic E-state index is 11.6. The molecule has 2 atom stereocenters. The highest BCUT2D eigenvalue weighted by molar-refractivity contribution is 5.81. The number of carbonyl (C=O) groups is 1. The fraction of sp³-hybridized carbons (Fsp3) is 0.533. The molecule has 0 aromatic heterocycles. The second kappa shape index (κ2) is 5.53. The van der Waals surface area contributed by atoms with Crippen molar-refractivity contribution < 1.29 is 4.79 Å². The summed E-state index contributed by atoms with van der Waals surface area (Å²) in [5.41, 5.74) is 9.65. The second-order valence-corrected chi connectivity index (χ2v) is 5.25. The third kappa shape index (κ3) is 2.91. The van der Waals surface area contributed by atoms with E-state index >= 15 is 0 Å². The van der Waals surface area contributed by atoms with Gasteiger partial charge < -0.3 is 11.1 Å². The van der Waals surface area contributed by atoms with Crippen molar-refractivity contribution in [3.63, 3.8) is 0 Å². The molecule has 1 aromatic rings. The summed E-state index contributed by atoms with van der Waals surface area (Å²) in [6, 6.07) is 6.13. The second-order valence-electron chi connectivity index (χ2n) is 5.25. The molecule has 3 N–H and O–H groups in total. The van der Waals surface area contributed by atoms with E-state index in [1.54, 1.807) is 6.92 Å². The minimum absolute atomic E-state index is 0.0238. The maximum atomic E-state index is 11.6. The molecule has 0 aliphatic heterocycles. The zero-order valence-electron chi connectivity index (χ0n) is 11.2. The van der Waals surface area contributed by atoms with E-state index < -0.39 is 6.04 Å². The first-order valence-corrected chi connectivity index (χ1v) is 6.75. The zero-order valence-corrected chi connectivity index (χ0v) is 11.2. The molecule has 18 heavy (non-hydrogen) atoms. The number of nitrogens with one attached hydrogen (secondary N) is 1. The standard InChI is InChI=1S/C15H22N2O/c1-10(16)15(18)17-11(2)13-8-7-12-5-3-4-6-14(12)9-13/h7-11H,3-6,16H2,1-2H3,(H,17,18)/t10-,11?/m0/s1. The van der Waals surface area contributed by atoms with Crippen LogP contribution in [0, 0.1) is 0 Å². The Bertz CT molecular complexity index is 440. The number of amides is 1. The van der Waals surface area contributed by atoms with E-state index in [2.05, 4.69) is 23.5 Å². The van der Waals surface area contributed by atoms with E-state index in [9.17, 15) is 4.79 Å². The minimum Gasteiger partial charge on any atom is -0.348 e. The van der Waals surface area contributed by atoms with Crippen molar-refractivity contribution in [3.05, 3.63) is 34.9 Å². The number of hydrogen-bond donors (Lipinski definition) is 2. The van der Waals surface area contributed by atoms with Gasteiger partial charge >= 0.3 is 0 Å². The smallest absolute Gasteiger partial charge is 0.237 e. The Balaban J connectivity index is 2.11. The van der Waals surface area contributed by atoms with Crippen LogP contribution in [0.3, 0.4) is 0 Å². The van der Waals surface area contributed by atoms with Crippen LogP contribution in [-0.2, 0) is 17.6 Å². The van der Waals surface area contributed by atoms with Gasteiger partial charge in [0.25, 0.3) is 0 Å². The predicted octanol–water partition coefficient (Wildman–Crippen LogP) is 2.09. The van der Waals surface area contributed by atoms with E-state index in [0.717, 1.165) is 6.42 Å². The van der Waals surface area contributed by atoms with Crippen LogP contribution in [0.5, 0.6) is 0 Å². The molecular weight excluding hydrogens is 224 g/mol. The van der Waals surface area contributed by atoms with Crippen molar-refractivity contribution in [2.24, 2.45) is 5.73 Å². The third-order valence-electron chi connectivity index (χ3n) is 3.64. The molecule has 3 nitrogen and oxygen atoms in total. The first-order chi connectivity index (χ1) is 8.58. The summed E-state index contributed by atoms with van der Waals surface area (Å²) >= 11 is 0. The van der Waals surface area contributed by atoms with Gasteiger partial charge in [-0.1, -0.05) is 18.2 Å². The lowest BCUT2D eigenvalue weighted by Gasteiger charge is -2.20. The summed E-state index contributed by atoms with van der Waals surface area (Å²) in [4.78, 5) is 11.6. The molecule has 2 rings (SSSR count). The van der Waals surface area contributed by atoms with Crippen LogP contribution >= 0.6 is 0 Å². The van der Waals surface area contributed by atoms with Gasteiger partial charge in [-0.15, -0.1) is 0 Å². The van der Waals surface area contributed by atoms with Gasteiger partial charge in [0, 0.05) is 0 Å². The molecule has 1 aliphatic rings. The van der Waals surface area contributed by atoms with Crippen molar-refractivity contribution in [2.45, 2.75) is 51.6 Å². The molecule has 1 amide bonds. The van der Waals surface area contributed by atoms with Crippen molar-refractivity contribution in [3.8, 4) is 0 Å². The molecular formula is C15H22N2O. The molecule has 0 saturated heterocycles. The summed E-state index contributed by atoms with van der Waals surface area (Å²) < 4.78 is 0. The Labute approximate surface area is 109 Å². The van der Waals surface area contributed by atoms with Gasteiger partial charge in [-0.2, -0.15) is 0 Å². The number of rotatable bonds is 3. The average molecular weight is 246 g/mol. The molecule has 3 heteroatoms. The lowest BCUT2D eigenvalue weighted by molar-refractivity contribution is -0.122. The van der Waals surface area contributed by atoms with Gasteiger partial charge in [0.2, 0.25) is 5.91 Å². The molecule has 98 valence electrons. The summed E-state index contributed by atoms with van der Waals surface area (Å²) in [5.74, 6) is -0.0970. The number of fused-ring (bicyclic) bond motifs is 1. The monoisotopic (exact) mass is 246 g/mol. The molecule has 0 bridgehead atoms. The van der Waals surface area contributed by atoms with Crippen LogP contribution in [0.25, 0.3) is 0 Å². The van der Waals surface area contributed by atoms with Gasteiger partial charge in [0.15, 0.2) is 0 Å². The van der Waals surface area contributed by atoms with Gasteiger partial charge in [0.1, 0.15) is 0 Å². The third-order valence-corrected chi connectivity index (χ3v) is 3.64. The van der Waals surface area contributed by atoms with Crippen LogP contribution in [0.2, 0.25) is 0 Å². The molecule has 0 fully saturated rings. The van der Waals surface area contributed by atoms with Crippen LogP contribution < -0.4 is 11.1 Å². The number of aryl methyl sites for hydroxylation is 2. The van der Waals surface area contributed by atoms with E-state index in [-0.39, 0.29) is 11.9 Å². The fourth-order valence-electron chi connectivity index (χ4n) is 2.45. The van der Waals surface area contributed by atoms with E-state index in [0.29, 0.717) is 0 Å².